The summed E-state index contributed by atoms with van der Waals surface area (Å²) in [7, 11) is 0. The molecule has 1 atom stereocenters. The minimum Gasteiger partial charge on any atom is -0.444 e. The highest BCUT2D eigenvalue weighted by Gasteiger charge is 2.30. The molecule has 3 rings (SSSR count). The van der Waals surface area contributed by atoms with Crippen molar-refractivity contribution in [1.82, 2.24) is 15.2 Å². The fourth-order valence-corrected chi connectivity index (χ4v) is 5.56. The van der Waals surface area contributed by atoms with Gasteiger partial charge in [0.05, 0.1) is 0 Å². The summed E-state index contributed by atoms with van der Waals surface area (Å²) in [6, 6.07) is 3.42. The maximum atomic E-state index is 13.3. The first-order valence-electron chi connectivity index (χ1n) is 11.8. The van der Waals surface area contributed by atoms with Crippen LogP contribution in [0.15, 0.2) is 24.5 Å². The lowest BCUT2D eigenvalue weighted by Gasteiger charge is -2.37. The minimum atomic E-state index is -0.594. The first kappa shape index (κ1) is 24.7. The van der Waals surface area contributed by atoms with Crippen LogP contribution in [0.25, 0.3) is 0 Å². The SMILES string of the molecule is CC(C)(C)OC(=O)NC(CSCC1CCCCC1)C(=O)N1CCN(c2ccncc2)CC1. The fourth-order valence-electron chi connectivity index (χ4n) is 4.29. The fraction of sp³-hybridized carbons (Fsp3) is 0.708. The molecule has 0 radical (unpaired) electrons. The second-order valence-electron chi connectivity index (χ2n) is 9.76. The third-order valence-corrected chi connectivity index (χ3v) is 7.25. The van der Waals surface area contributed by atoms with E-state index >= 15 is 0 Å². The van der Waals surface area contributed by atoms with Crippen LogP contribution in [0, 0.1) is 5.92 Å². The Bertz CT molecular complexity index is 727. The van der Waals surface area contributed by atoms with E-state index in [2.05, 4.69) is 15.2 Å². The number of hydrogen-bond acceptors (Lipinski definition) is 6. The standard InChI is InChI=1S/C24H38N4O3S/c1-24(2,3)31-23(30)26-21(18-32-17-19-7-5-4-6-8-19)22(29)28-15-13-27(14-16-28)20-9-11-25-12-10-20/h9-12,19,21H,4-8,13-18H2,1-3H3,(H,26,30). The van der Waals surface area contributed by atoms with E-state index in [4.69, 9.17) is 4.74 Å². The summed E-state index contributed by atoms with van der Waals surface area (Å²) in [5, 5.41) is 2.86. The molecule has 1 saturated heterocycles. The summed E-state index contributed by atoms with van der Waals surface area (Å²) in [4.78, 5) is 34.0. The first-order chi connectivity index (χ1) is 15.3. The van der Waals surface area contributed by atoms with Crippen LogP contribution in [0.1, 0.15) is 52.9 Å². The lowest BCUT2D eigenvalue weighted by atomic mass is 9.91. The molecule has 0 aromatic carbocycles. The van der Waals surface area contributed by atoms with E-state index in [-0.39, 0.29) is 5.91 Å². The minimum absolute atomic E-state index is 0.0126. The monoisotopic (exact) mass is 462 g/mol. The predicted molar refractivity (Wildman–Crippen MR) is 130 cm³/mol. The average molecular weight is 463 g/mol. The van der Waals surface area contributed by atoms with Gasteiger partial charge in [-0.05, 0) is 57.4 Å². The number of rotatable bonds is 7. The van der Waals surface area contributed by atoms with Gasteiger partial charge in [-0.25, -0.2) is 4.79 Å². The van der Waals surface area contributed by atoms with Gasteiger partial charge in [-0.1, -0.05) is 19.3 Å². The van der Waals surface area contributed by atoms with Crippen molar-refractivity contribution in [3.63, 3.8) is 0 Å². The van der Waals surface area contributed by atoms with E-state index in [0.29, 0.717) is 18.8 Å². The van der Waals surface area contributed by atoms with Crippen molar-refractivity contribution in [3.8, 4) is 0 Å². The molecule has 2 aliphatic rings. The number of carbonyl (C=O) groups excluding carboxylic acids is 2. The smallest absolute Gasteiger partial charge is 0.408 e. The third-order valence-electron chi connectivity index (χ3n) is 5.97. The molecule has 1 N–H and O–H groups in total. The quantitative estimate of drug-likeness (QED) is 0.662. The number of piperazine rings is 1. The number of hydrogen-bond donors (Lipinski definition) is 1. The molecule has 8 heteroatoms. The van der Waals surface area contributed by atoms with Crippen LogP contribution in [0.2, 0.25) is 0 Å². The van der Waals surface area contributed by atoms with Gasteiger partial charge in [-0.2, -0.15) is 11.8 Å². The maximum Gasteiger partial charge on any atom is 0.408 e. The number of anilines is 1. The van der Waals surface area contributed by atoms with Gasteiger partial charge in [0.1, 0.15) is 11.6 Å². The zero-order valence-electron chi connectivity index (χ0n) is 19.7. The van der Waals surface area contributed by atoms with E-state index in [0.717, 1.165) is 30.4 Å². The van der Waals surface area contributed by atoms with Gasteiger partial charge in [-0.15, -0.1) is 0 Å². The lowest BCUT2D eigenvalue weighted by molar-refractivity contribution is -0.133. The highest BCUT2D eigenvalue weighted by Crippen LogP contribution is 2.27. The molecule has 0 spiro atoms. The molecule has 2 fully saturated rings. The normalized spacial score (nSPS) is 18.8. The summed E-state index contributed by atoms with van der Waals surface area (Å²) in [5.41, 5.74) is 0.530. The highest BCUT2D eigenvalue weighted by atomic mass is 32.2. The first-order valence-corrected chi connectivity index (χ1v) is 13.0. The van der Waals surface area contributed by atoms with E-state index in [1.165, 1.54) is 32.1 Å². The molecule has 1 unspecified atom stereocenters. The molecule has 178 valence electrons. The lowest BCUT2D eigenvalue weighted by Crippen LogP contribution is -2.56. The van der Waals surface area contributed by atoms with Gasteiger partial charge in [0.25, 0.3) is 0 Å². The molecule has 2 heterocycles. The van der Waals surface area contributed by atoms with Crippen molar-refractivity contribution < 1.29 is 14.3 Å². The Kier molecular flexibility index (Phi) is 9.08. The zero-order valence-corrected chi connectivity index (χ0v) is 20.5. The molecule has 32 heavy (non-hydrogen) atoms. The number of nitrogens with zero attached hydrogens (tertiary/aromatic N) is 3. The highest BCUT2D eigenvalue weighted by molar-refractivity contribution is 7.99. The molecule has 1 aromatic rings. The predicted octanol–water partition coefficient (Wildman–Crippen LogP) is 3.94. The Morgan fingerprint density at radius 3 is 2.41 bits per heavy atom. The zero-order chi connectivity index (χ0) is 23.0. The van der Waals surface area contributed by atoms with Gasteiger partial charge in [0.15, 0.2) is 0 Å². The van der Waals surface area contributed by atoms with Crippen LogP contribution < -0.4 is 10.2 Å². The van der Waals surface area contributed by atoms with E-state index in [1.54, 1.807) is 24.2 Å². The van der Waals surface area contributed by atoms with E-state index in [1.807, 2.05) is 37.8 Å². The van der Waals surface area contributed by atoms with Crippen molar-refractivity contribution >= 4 is 29.4 Å². The van der Waals surface area contributed by atoms with Crippen LogP contribution in [-0.4, -0.2) is 71.2 Å². The summed E-state index contributed by atoms with van der Waals surface area (Å²) in [6.45, 7) is 8.31. The third kappa shape index (κ3) is 7.87. The Labute approximate surface area is 196 Å². The average Bonchev–Trinajstić information content (AvgIpc) is 2.78. The molecule has 1 aromatic heterocycles. The number of amides is 2. The number of pyridine rings is 1. The molecule has 2 amide bonds. The molecule has 1 saturated carbocycles. The van der Waals surface area contributed by atoms with Gasteiger partial charge in [0, 0.05) is 50.0 Å². The Morgan fingerprint density at radius 1 is 1.12 bits per heavy atom. The number of alkyl carbamates (subject to hydrolysis) is 1. The van der Waals surface area contributed by atoms with Crippen LogP contribution in [0.3, 0.4) is 0 Å². The molecular formula is C24H38N4O3S. The molecular weight excluding hydrogens is 424 g/mol. The van der Waals surface area contributed by atoms with Crippen molar-refractivity contribution in [1.29, 1.82) is 0 Å². The Morgan fingerprint density at radius 2 is 1.78 bits per heavy atom. The van der Waals surface area contributed by atoms with Crippen LogP contribution in [0.4, 0.5) is 10.5 Å². The number of carbonyl (C=O) groups is 2. The number of aromatic nitrogens is 1. The van der Waals surface area contributed by atoms with Gasteiger partial charge in [-0.3, -0.25) is 9.78 Å². The summed E-state index contributed by atoms with van der Waals surface area (Å²) >= 11 is 1.78. The maximum absolute atomic E-state index is 13.3. The second kappa shape index (κ2) is 11.8. The number of thioether (sulfide) groups is 1. The molecule has 1 aliphatic heterocycles. The van der Waals surface area contributed by atoms with E-state index in [9.17, 15) is 9.59 Å². The van der Waals surface area contributed by atoms with Crippen LogP contribution in [0.5, 0.6) is 0 Å². The molecule has 7 nitrogen and oxygen atoms in total. The van der Waals surface area contributed by atoms with E-state index < -0.39 is 17.7 Å². The molecule has 1 aliphatic carbocycles. The van der Waals surface area contributed by atoms with Crippen LogP contribution >= 0.6 is 11.8 Å². The van der Waals surface area contributed by atoms with Crippen molar-refractivity contribution in [2.24, 2.45) is 5.92 Å². The van der Waals surface area contributed by atoms with Gasteiger partial charge in [0.2, 0.25) is 5.91 Å². The van der Waals surface area contributed by atoms with Crippen LogP contribution in [-0.2, 0) is 9.53 Å². The summed E-state index contributed by atoms with van der Waals surface area (Å²) < 4.78 is 5.43. The Balaban J connectivity index is 1.55. The van der Waals surface area contributed by atoms with Gasteiger partial charge >= 0.3 is 6.09 Å². The molecule has 0 bridgehead atoms. The Hall–Kier alpha value is -1.96. The van der Waals surface area contributed by atoms with Gasteiger partial charge < -0.3 is 19.9 Å². The van der Waals surface area contributed by atoms with Crippen molar-refractivity contribution in [3.05, 3.63) is 24.5 Å². The topological polar surface area (TPSA) is 74.8 Å². The second-order valence-corrected chi connectivity index (χ2v) is 10.8. The number of nitrogens with one attached hydrogen (secondary N) is 1. The number of ether oxygens (including phenoxy) is 1. The van der Waals surface area contributed by atoms with Crippen molar-refractivity contribution in [2.75, 3.05) is 42.6 Å². The largest absolute Gasteiger partial charge is 0.444 e. The summed E-state index contributed by atoms with van der Waals surface area (Å²) in [5.74, 6) is 2.35. The summed E-state index contributed by atoms with van der Waals surface area (Å²) in [6.07, 6.45) is 9.58. The van der Waals surface area contributed by atoms with Crippen molar-refractivity contribution in [2.45, 2.75) is 64.5 Å².